The lowest BCUT2D eigenvalue weighted by Gasteiger charge is -2.12. The minimum absolute atomic E-state index is 0.0804. The summed E-state index contributed by atoms with van der Waals surface area (Å²) in [5.74, 6) is 0.450. The van der Waals surface area contributed by atoms with Gasteiger partial charge in [0.05, 0.1) is 5.69 Å². The second kappa shape index (κ2) is 11.0. The fourth-order valence-electron chi connectivity index (χ4n) is 3.21. The highest BCUT2D eigenvalue weighted by Crippen LogP contribution is 2.33. The third-order valence-electron chi connectivity index (χ3n) is 4.88. The molecule has 0 radical (unpaired) electrons. The zero-order valence-electron chi connectivity index (χ0n) is 18.1. The van der Waals surface area contributed by atoms with E-state index in [-0.39, 0.29) is 17.8 Å². The highest BCUT2D eigenvalue weighted by atomic mass is 35.5. The minimum atomic E-state index is -0.241. The standard InChI is InChI=1S/C25H23ClN4O2S/c1-18-9-5-7-13-21(18)32-17-23(31)27-20-12-6-8-14-22(20)33-25-28-24(26)29-30(25)16-15-19-10-3-2-4-11-19/h2-14H,15-17H2,1H3,(H,27,31). The number of carbonyl (C=O) groups excluding carboxylic acids is 1. The zero-order valence-corrected chi connectivity index (χ0v) is 19.6. The zero-order chi connectivity index (χ0) is 23.0. The summed E-state index contributed by atoms with van der Waals surface area (Å²) in [5, 5.41) is 8.11. The van der Waals surface area contributed by atoms with Crippen molar-refractivity contribution in [2.24, 2.45) is 0 Å². The molecule has 6 nitrogen and oxygen atoms in total. The van der Waals surface area contributed by atoms with Crippen molar-refractivity contribution in [1.82, 2.24) is 14.8 Å². The third kappa shape index (κ3) is 6.37. The predicted molar refractivity (Wildman–Crippen MR) is 131 cm³/mol. The first-order valence-electron chi connectivity index (χ1n) is 10.5. The van der Waals surface area contributed by atoms with Gasteiger partial charge in [0.25, 0.3) is 5.91 Å². The lowest BCUT2D eigenvalue weighted by molar-refractivity contribution is -0.118. The van der Waals surface area contributed by atoms with E-state index in [0.717, 1.165) is 16.9 Å². The van der Waals surface area contributed by atoms with Gasteiger partial charge in [0.1, 0.15) is 5.75 Å². The topological polar surface area (TPSA) is 69.0 Å². The van der Waals surface area contributed by atoms with Gasteiger partial charge >= 0.3 is 0 Å². The Kier molecular flexibility index (Phi) is 7.65. The van der Waals surface area contributed by atoms with Crippen molar-refractivity contribution in [2.75, 3.05) is 11.9 Å². The summed E-state index contributed by atoms with van der Waals surface area (Å²) in [6, 6.07) is 25.3. The number of para-hydroxylation sites is 2. The third-order valence-corrected chi connectivity index (χ3v) is 6.10. The molecule has 0 spiro atoms. The summed E-state index contributed by atoms with van der Waals surface area (Å²) in [5.41, 5.74) is 2.86. The fourth-order valence-corrected chi connectivity index (χ4v) is 4.37. The van der Waals surface area contributed by atoms with Gasteiger partial charge in [0.2, 0.25) is 5.28 Å². The van der Waals surface area contributed by atoms with E-state index in [9.17, 15) is 4.79 Å². The van der Waals surface area contributed by atoms with Crippen LogP contribution >= 0.6 is 23.4 Å². The molecule has 0 aliphatic rings. The Morgan fingerprint density at radius 3 is 2.58 bits per heavy atom. The van der Waals surface area contributed by atoms with Gasteiger partial charge < -0.3 is 10.1 Å². The number of ether oxygens (including phenoxy) is 1. The van der Waals surface area contributed by atoms with Crippen molar-refractivity contribution in [2.45, 2.75) is 29.9 Å². The van der Waals surface area contributed by atoms with Crippen molar-refractivity contribution in [3.63, 3.8) is 0 Å². The van der Waals surface area contributed by atoms with Gasteiger partial charge in [-0.1, -0.05) is 60.7 Å². The number of nitrogens with zero attached hydrogens (tertiary/aromatic N) is 3. The second-order valence-electron chi connectivity index (χ2n) is 7.32. The molecule has 0 saturated heterocycles. The monoisotopic (exact) mass is 478 g/mol. The number of carbonyl (C=O) groups is 1. The van der Waals surface area contributed by atoms with Gasteiger partial charge in [-0.15, -0.1) is 5.10 Å². The van der Waals surface area contributed by atoms with Gasteiger partial charge in [0, 0.05) is 11.4 Å². The molecule has 4 rings (SSSR count). The molecule has 0 fully saturated rings. The van der Waals surface area contributed by atoms with E-state index in [0.29, 0.717) is 23.1 Å². The molecule has 0 bridgehead atoms. The van der Waals surface area contributed by atoms with Crippen molar-refractivity contribution in [3.8, 4) is 5.75 Å². The van der Waals surface area contributed by atoms with E-state index < -0.39 is 0 Å². The Morgan fingerprint density at radius 2 is 1.76 bits per heavy atom. The molecule has 1 N–H and O–H groups in total. The molecule has 33 heavy (non-hydrogen) atoms. The Bertz CT molecular complexity index is 1230. The Labute approximate surface area is 202 Å². The van der Waals surface area contributed by atoms with Crippen LogP contribution in [0.25, 0.3) is 0 Å². The molecule has 0 aliphatic carbocycles. The van der Waals surface area contributed by atoms with Crippen LogP contribution in [-0.4, -0.2) is 27.3 Å². The normalized spacial score (nSPS) is 10.7. The van der Waals surface area contributed by atoms with Crippen molar-refractivity contribution >= 4 is 35.0 Å². The molecule has 168 valence electrons. The Balaban J connectivity index is 1.42. The number of hydrogen-bond acceptors (Lipinski definition) is 5. The highest BCUT2D eigenvalue weighted by Gasteiger charge is 2.14. The van der Waals surface area contributed by atoms with Crippen LogP contribution in [0.5, 0.6) is 5.75 Å². The maximum atomic E-state index is 12.5. The Morgan fingerprint density at radius 1 is 1.03 bits per heavy atom. The van der Waals surface area contributed by atoms with E-state index >= 15 is 0 Å². The quantitative estimate of drug-likeness (QED) is 0.336. The fraction of sp³-hybridized carbons (Fsp3) is 0.160. The van der Waals surface area contributed by atoms with Crippen molar-refractivity contribution < 1.29 is 9.53 Å². The number of halogens is 1. The molecule has 1 amide bonds. The number of nitrogens with one attached hydrogen (secondary N) is 1. The van der Waals surface area contributed by atoms with Gasteiger partial charge in [-0.2, -0.15) is 4.98 Å². The van der Waals surface area contributed by atoms with Crippen LogP contribution < -0.4 is 10.1 Å². The molecule has 0 aliphatic heterocycles. The lowest BCUT2D eigenvalue weighted by Crippen LogP contribution is -2.20. The average Bonchev–Trinajstić information content (AvgIpc) is 3.18. The highest BCUT2D eigenvalue weighted by molar-refractivity contribution is 7.99. The smallest absolute Gasteiger partial charge is 0.262 e. The van der Waals surface area contributed by atoms with Crippen LogP contribution in [0.4, 0.5) is 5.69 Å². The number of anilines is 1. The molecule has 0 atom stereocenters. The molecular formula is C25H23ClN4O2S. The van der Waals surface area contributed by atoms with Crippen LogP contribution in [0.2, 0.25) is 5.28 Å². The van der Waals surface area contributed by atoms with E-state index in [4.69, 9.17) is 16.3 Å². The van der Waals surface area contributed by atoms with Crippen LogP contribution in [0.15, 0.2) is 88.9 Å². The van der Waals surface area contributed by atoms with Crippen LogP contribution in [-0.2, 0) is 17.8 Å². The summed E-state index contributed by atoms with van der Waals surface area (Å²) in [6.45, 7) is 2.51. The Hall–Kier alpha value is -3.29. The molecule has 0 saturated carbocycles. The molecular weight excluding hydrogens is 456 g/mol. The number of aryl methyl sites for hydroxylation is 3. The molecule has 3 aromatic carbocycles. The van der Waals surface area contributed by atoms with E-state index in [1.54, 1.807) is 4.68 Å². The number of rotatable bonds is 9. The summed E-state index contributed by atoms with van der Waals surface area (Å²) >= 11 is 7.51. The predicted octanol–water partition coefficient (Wildman–Crippen LogP) is 5.65. The van der Waals surface area contributed by atoms with E-state index in [1.807, 2.05) is 73.7 Å². The van der Waals surface area contributed by atoms with Crippen LogP contribution in [0.3, 0.4) is 0 Å². The molecule has 1 heterocycles. The minimum Gasteiger partial charge on any atom is -0.483 e. The van der Waals surface area contributed by atoms with Gasteiger partial charge in [-0.3, -0.25) is 4.79 Å². The van der Waals surface area contributed by atoms with Crippen molar-refractivity contribution in [1.29, 1.82) is 0 Å². The maximum absolute atomic E-state index is 12.5. The van der Waals surface area contributed by atoms with Crippen molar-refractivity contribution in [3.05, 3.63) is 95.3 Å². The first-order chi connectivity index (χ1) is 16.1. The SMILES string of the molecule is Cc1ccccc1OCC(=O)Nc1ccccc1Sc1nc(Cl)nn1CCc1ccccc1. The molecule has 1 aromatic heterocycles. The summed E-state index contributed by atoms with van der Waals surface area (Å²) in [4.78, 5) is 17.7. The van der Waals surface area contributed by atoms with Crippen LogP contribution in [0, 0.1) is 6.92 Å². The lowest BCUT2D eigenvalue weighted by atomic mass is 10.2. The number of amides is 1. The number of aromatic nitrogens is 3. The first-order valence-corrected chi connectivity index (χ1v) is 11.7. The van der Waals surface area contributed by atoms with Crippen LogP contribution in [0.1, 0.15) is 11.1 Å². The maximum Gasteiger partial charge on any atom is 0.262 e. The van der Waals surface area contributed by atoms with E-state index in [1.165, 1.54) is 17.3 Å². The molecule has 0 unspecified atom stereocenters. The van der Waals surface area contributed by atoms with Gasteiger partial charge in [-0.25, -0.2) is 4.68 Å². The second-order valence-corrected chi connectivity index (χ2v) is 8.67. The number of hydrogen-bond donors (Lipinski definition) is 1. The largest absolute Gasteiger partial charge is 0.483 e. The first kappa shape index (κ1) is 22.9. The van der Waals surface area contributed by atoms with E-state index in [2.05, 4.69) is 27.5 Å². The summed E-state index contributed by atoms with van der Waals surface area (Å²) in [6.07, 6.45) is 0.808. The molecule has 4 aromatic rings. The average molecular weight is 479 g/mol. The molecule has 8 heteroatoms. The van der Waals surface area contributed by atoms with Gasteiger partial charge in [-0.05, 0) is 66.0 Å². The summed E-state index contributed by atoms with van der Waals surface area (Å²) in [7, 11) is 0. The van der Waals surface area contributed by atoms with Gasteiger partial charge in [0.15, 0.2) is 11.8 Å². The number of benzene rings is 3. The summed E-state index contributed by atoms with van der Waals surface area (Å²) < 4.78 is 7.45.